The van der Waals surface area contributed by atoms with Crippen molar-refractivity contribution < 1.29 is 10.0 Å². The minimum Gasteiger partial charge on any atom is -0.391 e. The zero-order chi connectivity index (χ0) is 13.0. The largest absolute Gasteiger partial charge is 0.391 e. The average Bonchev–Trinajstić information content (AvgIpc) is 2.85. The molecule has 0 bridgehead atoms. The molecule has 0 spiro atoms. The highest BCUT2D eigenvalue weighted by molar-refractivity contribution is 7.12. The van der Waals surface area contributed by atoms with Crippen LogP contribution in [0.2, 0.25) is 0 Å². The summed E-state index contributed by atoms with van der Waals surface area (Å²) in [4.78, 5) is 12.0. The van der Waals surface area contributed by atoms with Gasteiger partial charge in [-0.25, -0.2) is 0 Å². The van der Waals surface area contributed by atoms with Gasteiger partial charge in [-0.3, -0.25) is 10.1 Å². The summed E-state index contributed by atoms with van der Waals surface area (Å²) in [5.74, 6) is 0. The SMILES string of the molecule is O=[N+]([O-])c1ccc(/C=C/c2ccc(CO)s2)cc1. The summed E-state index contributed by atoms with van der Waals surface area (Å²) in [5, 5.41) is 19.4. The number of nitro groups is 1. The molecule has 0 aliphatic rings. The zero-order valence-corrected chi connectivity index (χ0v) is 10.3. The first-order valence-electron chi connectivity index (χ1n) is 5.31. The van der Waals surface area contributed by atoms with E-state index in [1.54, 1.807) is 12.1 Å². The third kappa shape index (κ3) is 3.03. The highest BCUT2D eigenvalue weighted by Crippen LogP contribution is 2.19. The molecule has 0 saturated carbocycles. The molecule has 4 nitrogen and oxygen atoms in total. The summed E-state index contributed by atoms with van der Waals surface area (Å²) in [6, 6.07) is 10.2. The lowest BCUT2D eigenvalue weighted by Crippen LogP contribution is -1.86. The van der Waals surface area contributed by atoms with Crippen LogP contribution < -0.4 is 0 Å². The number of aliphatic hydroxyl groups excluding tert-OH is 1. The predicted molar refractivity (Wildman–Crippen MR) is 72.3 cm³/mol. The number of thiophene rings is 1. The summed E-state index contributed by atoms with van der Waals surface area (Å²) in [6.07, 6.45) is 3.81. The van der Waals surface area contributed by atoms with Gasteiger partial charge in [-0.2, -0.15) is 0 Å². The molecular weight excluding hydrogens is 250 g/mol. The molecule has 2 rings (SSSR count). The second kappa shape index (κ2) is 5.57. The van der Waals surface area contributed by atoms with E-state index in [-0.39, 0.29) is 12.3 Å². The van der Waals surface area contributed by atoms with Gasteiger partial charge in [-0.1, -0.05) is 6.08 Å². The van der Waals surface area contributed by atoms with Crippen LogP contribution in [0.25, 0.3) is 12.2 Å². The maximum Gasteiger partial charge on any atom is 0.269 e. The average molecular weight is 261 g/mol. The van der Waals surface area contributed by atoms with Gasteiger partial charge in [0, 0.05) is 21.9 Å². The van der Waals surface area contributed by atoms with Crippen LogP contribution in [-0.2, 0) is 6.61 Å². The van der Waals surface area contributed by atoms with Crippen molar-refractivity contribution >= 4 is 29.2 Å². The second-order valence-corrected chi connectivity index (χ2v) is 4.84. The molecule has 0 amide bonds. The summed E-state index contributed by atoms with van der Waals surface area (Å²) >= 11 is 1.52. The fourth-order valence-corrected chi connectivity index (χ4v) is 2.23. The van der Waals surface area contributed by atoms with Crippen molar-refractivity contribution in [2.45, 2.75) is 6.61 Å². The Labute approximate surface area is 108 Å². The number of nitrogens with zero attached hydrogens (tertiary/aromatic N) is 1. The zero-order valence-electron chi connectivity index (χ0n) is 9.45. The van der Waals surface area contributed by atoms with E-state index in [4.69, 9.17) is 5.11 Å². The fraction of sp³-hybridized carbons (Fsp3) is 0.0769. The molecule has 0 unspecified atom stereocenters. The molecule has 1 aromatic carbocycles. The van der Waals surface area contributed by atoms with Crippen molar-refractivity contribution in [3.05, 3.63) is 61.8 Å². The van der Waals surface area contributed by atoms with Gasteiger partial charge in [0.2, 0.25) is 0 Å². The third-order valence-electron chi connectivity index (χ3n) is 2.38. The summed E-state index contributed by atoms with van der Waals surface area (Å²) in [6.45, 7) is 0.0516. The predicted octanol–water partition coefficient (Wildman–Crippen LogP) is 3.32. The smallest absolute Gasteiger partial charge is 0.269 e. The Bertz CT molecular complexity index is 572. The molecule has 0 atom stereocenters. The van der Waals surface area contributed by atoms with Gasteiger partial charge >= 0.3 is 0 Å². The van der Waals surface area contributed by atoms with Crippen LogP contribution in [0.5, 0.6) is 0 Å². The minimum absolute atomic E-state index is 0.0516. The van der Waals surface area contributed by atoms with Gasteiger partial charge in [0.05, 0.1) is 11.5 Å². The first kappa shape index (κ1) is 12.5. The van der Waals surface area contributed by atoms with Crippen LogP contribution >= 0.6 is 11.3 Å². The van der Waals surface area contributed by atoms with Crippen LogP contribution in [0.15, 0.2) is 36.4 Å². The molecule has 0 fully saturated rings. The Kier molecular flexibility index (Phi) is 3.86. The summed E-state index contributed by atoms with van der Waals surface area (Å²) in [7, 11) is 0. The molecule has 18 heavy (non-hydrogen) atoms. The standard InChI is InChI=1S/C13H11NO3S/c15-9-13-8-7-12(18-13)6-3-10-1-4-11(5-2-10)14(16)17/h1-8,15H,9H2/b6-3+. The van der Waals surface area contributed by atoms with Crippen LogP contribution in [0.1, 0.15) is 15.3 Å². The van der Waals surface area contributed by atoms with Crippen molar-refractivity contribution in [2.24, 2.45) is 0 Å². The van der Waals surface area contributed by atoms with Gasteiger partial charge in [0.15, 0.2) is 0 Å². The monoisotopic (exact) mass is 261 g/mol. The van der Waals surface area contributed by atoms with Crippen molar-refractivity contribution in [1.29, 1.82) is 0 Å². The maximum atomic E-state index is 10.5. The Hall–Kier alpha value is -1.98. The lowest BCUT2D eigenvalue weighted by atomic mass is 10.2. The van der Waals surface area contributed by atoms with Gasteiger partial charge in [0.1, 0.15) is 0 Å². The lowest BCUT2D eigenvalue weighted by Gasteiger charge is -1.93. The third-order valence-corrected chi connectivity index (χ3v) is 3.42. The van der Waals surface area contributed by atoms with E-state index in [2.05, 4.69) is 0 Å². The van der Waals surface area contributed by atoms with Crippen LogP contribution in [0, 0.1) is 10.1 Å². The molecule has 5 heteroatoms. The first-order valence-corrected chi connectivity index (χ1v) is 6.13. The van der Waals surface area contributed by atoms with Crippen LogP contribution in [-0.4, -0.2) is 10.0 Å². The van der Waals surface area contributed by atoms with Gasteiger partial charge in [0.25, 0.3) is 5.69 Å². The van der Waals surface area contributed by atoms with Crippen molar-refractivity contribution in [3.63, 3.8) is 0 Å². The number of aliphatic hydroxyl groups is 1. The van der Waals surface area contributed by atoms with Crippen molar-refractivity contribution in [2.75, 3.05) is 0 Å². The fourth-order valence-electron chi connectivity index (χ4n) is 1.45. The van der Waals surface area contributed by atoms with E-state index >= 15 is 0 Å². The molecule has 1 N–H and O–H groups in total. The molecule has 1 aromatic heterocycles. The molecule has 2 aromatic rings. The van der Waals surface area contributed by atoms with E-state index in [1.165, 1.54) is 23.5 Å². The maximum absolute atomic E-state index is 10.5. The summed E-state index contributed by atoms with van der Waals surface area (Å²) < 4.78 is 0. The van der Waals surface area contributed by atoms with Gasteiger partial charge < -0.3 is 5.11 Å². The van der Waals surface area contributed by atoms with Crippen molar-refractivity contribution in [1.82, 2.24) is 0 Å². The quantitative estimate of drug-likeness (QED) is 0.678. The molecule has 92 valence electrons. The molecular formula is C13H11NO3S. The number of hydrogen-bond acceptors (Lipinski definition) is 4. The Morgan fingerprint density at radius 3 is 2.44 bits per heavy atom. The topological polar surface area (TPSA) is 63.4 Å². The summed E-state index contributed by atoms with van der Waals surface area (Å²) in [5.41, 5.74) is 0.991. The van der Waals surface area contributed by atoms with E-state index in [0.717, 1.165) is 15.3 Å². The highest BCUT2D eigenvalue weighted by Gasteiger charge is 2.02. The Morgan fingerprint density at radius 1 is 1.17 bits per heavy atom. The lowest BCUT2D eigenvalue weighted by molar-refractivity contribution is -0.384. The second-order valence-electron chi connectivity index (χ2n) is 3.64. The van der Waals surface area contributed by atoms with Crippen LogP contribution in [0.3, 0.4) is 0 Å². The normalized spacial score (nSPS) is 10.9. The Balaban J connectivity index is 2.11. The Morgan fingerprint density at radius 2 is 1.89 bits per heavy atom. The minimum atomic E-state index is -0.416. The first-order chi connectivity index (χ1) is 8.69. The number of nitro benzene ring substituents is 1. The van der Waals surface area contributed by atoms with E-state index in [1.807, 2.05) is 24.3 Å². The molecule has 0 aliphatic heterocycles. The molecule has 1 heterocycles. The van der Waals surface area contributed by atoms with Gasteiger partial charge in [-0.05, 0) is 35.9 Å². The molecule has 0 aliphatic carbocycles. The number of hydrogen-bond donors (Lipinski definition) is 1. The highest BCUT2D eigenvalue weighted by atomic mass is 32.1. The van der Waals surface area contributed by atoms with Crippen LogP contribution in [0.4, 0.5) is 5.69 Å². The van der Waals surface area contributed by atoms with Gasteiger partial charge in [-0.15, -0.1) is 11.3 Å². The van der Waals surface area contributed by atoms with Crippen molar-refractivity contribution in [3.8, 4) is 0 Å². The molecule has 0 saturated heterocycles. The molecule has 0 radical (unpaired) electrons. The number of non-ortho nitro benzene ring substituents is 1. The van der Waals surface area contributed by atoms with E-state index < -0.39 is 4.92 Å². The number of benzene rings is 1. The van der Waals surface area contributed by atoms with E-state index in [0.29, 0.717) is 0 Å². The number of rotatable bonds is 4. The van der Waals surface area contributed by atoms with E-state index in [9.17, 15) is 10.1 Å².